The molecule has 0 bridgehead atoms. The van der Waals surface area contributed by atoms with Crippen LogP contribution in [0.5, 0.6) is 11.5 Å². The van der Waals surface area contributed by atoms with Crippen LogP contribution in [0.4, 0.5) is 16.9 Å². The van der Waals surface area contributed by atoms with Gasteiger partial charge in [-0.25, -0.2) is 0 Å². The summed E-state index contributed by atoms with van der Waals surface area (Å²) in [5.74, 6) is 1.61. The van der Waals surface area contributed by atoms with Gasteiger partial charge in [-0.3, -0.25) is 0 Å². The number of nitrogens with zero attached hydrogens (tertiary/aromatic N) is 1. The zero-order valence-corrected chi connectivity index (χ0v) is 22.5. The zero-order chi connectivity index (χ0) is 25.9. The summed E-state index contributed by atoms with van der Waals surface area (Å²) >= 11 is -11.2. The predicted octanol–water partition coefficient (Wildman–Crippen LogP) is 7.63. The fraction of sp³-hybridized carbons (Fsp3) is 0.400. The number of methoxy groups -OCH3 is 2. The van der Waals surface area contributed by atoms with Crippen LogP contribution in [0.15, 0.2) is 42.5 Å². The first-order valence-electron chi connectivity index (χ1n) is 11.5. The van der Waals surface area contributed by atoms with Crippen LogP contribution in [-0.2, 0) is 19.4 Å². The van der Waals surface area contributed by atoms with Gasteiger partial charge in [0, 0.05) is 18.9 Å². The summed E-state index contributed by atoms with van der Waals surface area (Å²) in [4.78, 5) is 0. The first-order chi connectivity index (χ1) is 16.2. The van der Waals surface area contributed by atoms with Gasteiger partial charge >= 0.3 is 36.4 Å². The molecule has 0 atom stereocenters. The van der Waals surface area contributed by atoms with Gasteiger partial charge in [-0.1, -0.05) is 44.4 Å². The summed E-state index contributed by atoms with van der Waals surface area (Å²) < 4.78 is 73.3. The van der Waals surface area contributed by atoms with Crippen molar-refractivity contribution in [3.05, 3.63) is 53.7 Å². The molecule has 1 aliphatic heterocycles. The van der Waals surface area contributed by atoms with Crippen molar-refractivity contribution in [2.24, 2.45) is 0 Å². The zero-order valence-electron chi connectivity index (χ0n) is 20.0. The number of hydrogen-bond donors (Lipinski definition) is 0. The molecular weight excluding hydrogens is 582 g/mol. The maximum atomic E-state index is 9.93. The van der Waals surface area contributed by atoms with Gasteiger partial charge in [0.1, 0.15) is 0 Å². The van der Waals surface area contributed by atoms with Gasteiger partial charge in [0.15, 0.2) is 23.7 Å². The molecule has 0 radical (unpaired) electrons. The molecule has 0 amide bonds. The molecule has 0 N–H and O–H groups in total. The molecule has 35 heavy (non-hydrogen) atoms. The van der Waals surface area contributed by atoms with E-state index in [1.54, 1.807) is 14.2 Å². The van der Waals surface area contributed by atoms with Gasteiger partial charge in [0.2, 0.25) is 5.69 Å². The minimum atomic E-state index is -11.2. The molecule has 10 heteroatoms. The number of fused-ring (bicyclic) bond motifs is 5. The molecule has 0 saturated heterocycles. The average Bonchev–Trinajstić information content (AvgIpc) is 2.78. The number of unbranched alkanes of at least 4 members (excludes halogenated alkanes) is 3. The molecule has 4 rings (SSSR count). The van der Waals surface area contributed by atoms with Gasteiger partial charge in [-0.15, -0.1) is 0 Å². The summed E-state index contributed by atoms with van der Waals surface area (Å²) in [5.41, 5.74) is 5.39. The van der Waals surface area contributed by atoms with Crippen molar-refractivity contribution in [2.75, 3.05) is 14.2 Å². The molecule has 1 aliphatic rings. The van der Waals surface area contributed by atoms with Crippen LogP contribution in [0.3, 0.4) is 0 Å². The van der Waals surface area contributed by atoms with Crippen molar-refractivity contribution in [3.63, 3.8) is 0 Å². The van der Waals surface area contributed by atoms with Crippen molar-refractivity contribution in [3.8, 4) is 22.8 Å². The van der Waals surface area contributed by atoms with Crippen LogP contribution >= 0.6 is 0 Å². The summed E-state index contributed by atoms with van der Waals surface area (Å²) in [7, 11) is 3.42. The normalized spacial score (nSPS) is 14.7. The van der Waals surface area contributed by atoms with Crippen LogP contribution in [0.2, 0.25) is 0 Å². The number of hydrogen-bond acceptors (Lipinski definition) is 2. The summed E-state index contributed by atoms with van der Waals surface area (Å²) in [6.07, 6.45) is 7.32. The Morgan fingerprint density at radius 2 is 1.49 bits per heavy atom. The van der Waals surface area contributed by atoms with Gasteiger partial charge in [-0.2, -0.15) is 4.57 Å². The molecule has 194 valence electrons. The van der Waals surface area contributed by atoms with E-state index in [0.717, 1.165) is 30.9 Å². The fourth-order valence-electron chi connectivity index (χ4n) is 4.45. The van der Waals surface area contributed by atoms with Crippen molar-refractivity contribution in [2.45, 2.75) is 52.0 Å². The van der Waals surface area contributed by atoms with Gasteiger partial charge in [0.05, 0.1) is 25.2 Å². The van der Waals surface area contributed by atoms with E-state index in [2.05, 4.69) is 54.0 Å². The summed E-state index contributed by atoms with van der Waals surface area (Å²) in [6, 6.07) is 15.5. The Morgan fingerprint density at radius 1 is 0.857 bits per heavy atom. The standard InChI is InChI=1S/C25H30NO2.6FH.Sb/c1-4-5-6-7-11-20-15-18-10-8-9-12-21(18)25-22-17-24(28-3)23(27-2)16-19(22)13-14-26(20)25;;;;;;;/h8-10,12,15-17H,4-7,11,13-14H2,1-3H3;6*1H;/q+1;;;;;;;+5/p-6. The fourth-order valence-corrected chi connectivity index (χ4v) is 4.45. The molecule has 3 aromatic rings. The quantitative estimate of drug-likeness (QED) is 0.119. The molecule has 0 fully saturated rings. The van der Waals surface area contributed by atoms with Crippen molar-refractivity contribution < 1.29 is 30.9 Å². The van der Waals surface area contributed by atoms with E-state index >= 15 is 0 Å². The number of benzene rings is 2. The van der Waals surface area contributed by atoms with Crippen molar-refractivity contribution in [1.29, 1.82) is 0 Å². The Labute approximate surface area is 203 Å². The number of pyridine rings is 1. The van der Waals surface area contributed by atoms with Gasteiger partial charge < -0.3 is 9.47 Å². The Bertz CT molecular complexity index is 1200. The van der Waals surface area contributed by atoms with Gasteiger partial charge in [0.25, 0.3) is 0 Å². The minimum absolute atomic E-state index is 0.798. The number of rotatable bonds is 7. The molecule has 2 heterocycles. The van der Waals surface area contributed by atoms with E-state index in [1.165, 1.54) is 59.0 Å². The third-order valence-corrected chi connectivity index (χ3v) is 5.91. The van der Waals surface area contributed by atoms with E-state index in [0.29, 0.717) is 0 Å². The second-order valence-electron chi connectivity index (χ2n) is 8.61. The van der Waals surface area contributed by atoms with E-state index in [1.807, 2.05) is 0 Å². The maximum absolute atomic E-state index is 11.2. The van der Waals surface area contributed by atoms with Crippen LogP contribution in [-0.4, -0.2) is 33.7 Å². The number of ether oxygens (including phenoxy) is 2. The number of aryl methyl sites for hydroxylation is 2. The number of halogens is 6. The SMILES string of the molecule is CCCCCCc1cc2ccccc2c2[n+]1CCc1cc(OC)c(OC)cc1-2.[F][Sb-]([F])([F])([F])([F])[F]. The monoisotopic (exact) mass is 611 g/mol. The Kier molecular flexibility index (Phi) is 7.62. The van der Waals surface area contributed by atoms with E-state index < -0.39 is 19.5 Å². The van der Waals surface area contributed by atoms with Crippen LogP contribution in [0, 0.1) is 0 Å². The number of aromatic nitrogens is 1. The van der Waals surface area contributed by atoms with Crippen molar-refractivity contribution >= 4 is 30.2 Å². The first kappa shape index (κ1) is 27.4. The second kappa shape index (κ2) is 9.72. The molecular formula is C25H30F6NO2Sb. The van der Waals surface area contributed by atoms with Crippen LogP contribution < -0.4 is 14.0 Å². The van der Waals surface area contributed by atoms with Crippen LogP contribution in [0.25, 0.3) is 22.0 Å². The predicted molar refractivity (Wildman–Crippen MR) is 127 cm³/mol. The molecule has 0 aliphatic carbocycles. The molecule has 0 unspecified atom stereocenters. The first-order valence-corrected chi connectivity index (χ1v) is 17.3. The van der Waals surface area contributed by atoms with E-state index in [-0.39, 0.29) is 0 Å². The third-order valence-electron chi connectivity index (χ3n) is 5.91. The summed E-state index contributed by atoms with van der Waals surface area (Å²) in [6.45, 7) is 3.29. The third kappa shape index (κ3) is 7.92. The second-order valence-corrected chi connectivity index (χ2v) is 14.1. The summed E-state index contributed by atoms with van der Waals surface area (Å²) in [5, 5.41) is 2.63. The van der Waals surface area contributed by atoms with E-state index in [9.17, 15) is 16.9 Å². The molecule has 0 spiro atoms. The average molecular weight is 612 g/mol. The molecule has 1 aromatic heterocycles. The Hall–Kier alpha value is -2.15. The van der Waals surface area contributed by atoms with Gasteiger partial charge in [-0.05, 0) is 35.6 Å². The Balaban J connectivity index is 0.000000429. The molecule has 0 saturated carbocycles. The molecule has 3 nitrogen and oxygen atoms in total. The topological polar surface area (TPSA) is 22.3 Å². The van der Waals surface area contributed by atoms with Crippen LogP contribution in [0.1, 0.15) is 43.9 Å². The van der Waals surface area contributed by atoms with E-state index in [4.69, 9.17) is 9.47 Å². The van der Waals surface area contributed by atoms with Crippen molar-refractivity contribution in [1.82, 2.24) is 0 Å². The Morgan fingerprint density at radius 3 is 2.11 bits per heavy atom. The molecule has 2 aromatic carbocycles.